The highest BCUT2D eigenvalue weighted by atomic mass is 16.5. The molecule has 5 nitrogen and oxygen atoms in total. The van der Waals surface area contributed by atoms with Crippen molar-refractivity contribution in [3.8, 4) is 5.75 Å². The average molecular weight is 348 g/mol. The van der Waals surface area contributed by atoms with E-state index in [4.69, 9.17) is 4.74 Å². The molecule has 5 heteroatoms. The van der Waals surface area contributed by atoms with Crippen LogP contribution in [0.5, 0.6) is 5.75 Å². The molecule has 1 aromatic rings. The predicted octanol–water partition coefficient (Wildman–Crippen LogP) is 3.12. The van der Waals surface area contributed by atoms with Crippen LogP contribution < -0.4 is 4.74 Å². The maximum atomic E-state index is 11.9. The summed E-state index contributed by atoms with van der Waals surface area (Å²) < 4.78 is 5.69. The Hall–Kier alpha value is -1.59. The second kappa shape index (κ2) is 9.20. The summed E-state index contributed by atoms with van der Waals surface area (Å²) in [5, 5.41) is 9.75. The molecule has 0 radical (unpaired) electrons. The first-order chi connectivity index (χ1) is 11.9. The van der Waals surface area contributed by atoms with E-state index in [0.29, 0.717) is 18.4 Å². The third kappa shape index (κ3) is 6.01. The fraction of sp³-hybridized carbons (Fsp3) is 0.650. The zero-order valence-corrected chi connectivity index (χ0v) is 15.9. The molecule has 0 aliphatic carbocycles. The van der Waals surface area contributed by atoms with Crippen LogP contribution in [0.25, 0.3) is 0 Å². The van der Waals surface area contributed by atoms with Crippen LogP contribution in [0.1, 0.15) is 39.3 Å². The van der Waals surface area contributed by atoms with Crippen molar-refractivity contribution in [2.24, 2.45) is 11.8 Å². The van der Waals surface area contributed by atoms with Gasteiger partial charge >= 0.3 is 5.97 Å². The minimum Gasteiger partial charge on any atom is -0.493 e. The Labute approximate surface area is 151 Å². The summed E-state index contributed by atoms with van der Waals surface area (Å²) in [6.07, 6.45) is 0. The van der Waals surface area contributed by atoms with Crippen LogP contribution in [0.2, 0.25) is 0 Å². The van der Waals surface area contributed by atoms with Crippen LogP contribution in [-0.2, 0) is 4.79 Å². The molecule has 0 amide bonds. The summed E-state index contributed by atoms with van der Waals surface area (Å²) in [4.78, 5) is 16.4. The van der Waals surface area contributed by atoms with Gasteiger partial charge in [-0.25, -0.2) is 0 Å². The van der Waals surface area contributed by atoms with Crippen molar-refractivity contribution in [1.29, 1.82) is 0 Å². The highest BCUT2D eigenvalue weighted by molar-refractivity contribution is 5.75. The highest BCUT2D eigenvalue weighted by Gasteiger charge is 2.30. The number of carbonyl (C=O) groups is 1. The van der Waals surface area contributed by atoms with E-state index in [1.54, 1.807) is 0 Å². The number of ether oxygens (including phenoxy) is 1. The second-order valence-electron chi connectivity index (χ2n) is 7.75. The van der Waals surface area contributed by atoms with Crippen LogP contribution in [0, 0.1) is 11.8 Å². The summed E-state index contributed by atoms with van der Waals surface area (Å²) >= 11 is 0. The van der Waals surface area contributed by atoms with Gasteiger partial charge in [0.2, 0.25) is 0 Å². The van der Waals surface area contributed by atoms with Crippen LogP contribution >= 0.6 is 0 Å². The van der Waals surface area contributed by atoms with E-state index >= 15 is 0 Å². The fourth-order valence-corrected chi connectivity index (χ4v) is 3.24. The molecule has 1 atom stereocenters. The van der Waals surface area contributed by atoms with Gasteiger partial charge in [-0.05, 0) is 29.5 Å². The summed E-state index contributed by atoms with van der Waals surface area (Å²) in [6, 6.07) is 6.94. The minimum atomic E-state index is -0.784. The Morgan fingerprint density at radius 3 is 2.12 bits per heavy atom. The lowest BCUT2D eigenvalue weighted by Crippen LogP contribution is -2.49. The van der Waals surface area contributed by atoms with Gasteiger partial charge in [-0.15, -0.1) is 0 Å². The molecule has 1 aliphatic rings. The molecule has 0 aromatic heterocycles. The largest absolute Gasteiger partial charge is 0.493 e. The van der Waals surface area contributed by atoms with Gasteiger partial charge in [-0.2, -0.15) is 0 Å². The van der Waals surface area contributed by atoms with Crippen LogP contribution in [0.4, 0.5) is 0 Å². The Morgan fingerprint density at radius 2 is 1.64 bits per heavy atom. The fourth-order valence-electron chi connectivity index (χ4n) is 3.24. The smallest absolute Gasteiger partial charge is 0.325 e. The molecule has 0 saturated carbocycles. The van der Waals surface area contributed by atoms with Gasteiger partial charge in [0.25, 0.3) is 0 Å². The summed E-state index contributed by atoms with van der Waals surface area (Å²) in [7, 11) is 0. The zero-order valence-electron chi connectivity index (χ0n) is 15.9. The molecule has 1 N–H and O–H groups in total. The molecule has 1 fully saturated rings. The molecular formula is C20H32N2O3. The monoisotopic (exact) mass is 348 g/mol. The molecule has 1 aromatic carbocycles. The molecule has 1 unspecified atom stereocenters. The first-order valence-electron chi connectivity index (χ1n) is 9.28. The molecule has 0 bridgehead atoms. The highest BCUT2D eigenvalue weighted by Crippen LogP contribution is 2.25. The quantitative estimate of drug-likeness (QED) is 0.782. The van der Waals surface area contributed by atoms with Crippen molar-refractivity contribution in [2.45, 2.75) is 33.7 Å². The molecule has 1 aliphatic heterocycles. The number of hydrogen-bond donors (Lipinski definition) is 1. The van der Waals surface area contributed by atoms with Crippen LogP contribution in [0.3, 0.4) is 0 Å². The van der Waals surface area contributed by atoms with Gasteiger partial charge in [0.15, 0.2) is 0 Å². The maximum absolute atomic E-state index is 11.9. The standard InChI is InChI=1S/C20H32N2O3/c1-15(2)13-21-9-11-22(12-10-21)19(20(23)24)17-5-7-18(8-6-17)25-14-16(3)4/h5-8,15-16,19H,9-14H2,1-4H3,(H,23,24). The summed E-state index contributed by atoms with van der Waals surface area (Å²) in [5.41, 5.74) is 0.821. The molecule has 1 saturated heterocycles. The normalized spacial score (nSPS) is 17.8. The van der Waals surface area contributed by atoms with Crippen molar-refractivity contribution in [3.05, 3.63) is 29.8 Å². The number of benzene rings is 1. The van der Waals surface area contributed by atoms with Crippen molar-refractivity contribution < 1.29 is 14.6 Å². The van der Waals surface area contributed by atoms with E-state index in [-0.39, 0.29) is 0 Å². The molecular weight excluding hydrogens is 316 g/mol. The number of rotatable bonds is 8. The zero-order chi connectivity index (χ0) is 18.4. The Bertz CT molecular complexity index is 534. The SMILES string of the molecule is CC(C)COc1ccc(C(C(=O)O)N2CCN(CC(C)C)CC2)cc1. The van der Waals surface area contributed by atoms with E-state index in [1.807, 2.05) is 24.3 Å². The topological polar surface area (TPSA) is 53.0 Å². The first-order valence-corrected chi connectivity index (χ1v) is 9.28. The van der Waals surface area contributed by atoms with Gasteiger partial charge in [0, 0.05) is 32.7 Å². The lowest BCUT2D eigenvalue weighted by Gasteiger charge is -2.38. The molecule has 25 heavy (non-hydrogen) atoms. The molecule has 1 heterocycles. The minimum absolute atomic E-state index is 0.466. The first kappa shape index (κ1) is 19.7. The third-order valence-electron chi connectivity index (χ3n) is 4.41. The van der Waals surface area contributed by atoms with Gasteiger partial charge in [0.05, 0.1) is 6.61 Å². The van der Waals surface area contributed by atoms with Gasteiger partial charge < -0.3 is 14.7 Å². The number of piperazine rings is 1. The van der Waals surface area contributed by atoms with Crippen molar-refractivity contribution >= 4 is 5.97 Å². The molecule has 140 valence electrons. The molecule has 0 spiro atoms. The average Bonchev–Trinajstić information content (AvgIpc) is 2.55. The molecule has 2 rings (SSSR count). The summed E-state index contributed by atoms with van der Waals surface area (Å²) in [6.45, 7) is 13.8. The van der Waals surface area contributed by atoms with E-state index in [9.17, 15) is 9.90 Å². The van der Waals surface area contributed by atoms with Gasteiger partial charge in [-0.1, -0.05) is 39.8 Å². The van der Waals surface area contributed by atoms with E-state index in [2.05, 4.69) is 37.5 Å². The van der Waals surface area contributed by atoms with Gasteiger partial charge in [-0.3, -0.25) is 9.69 Å². The lowest BCUT2D eigenvalue weighted by atomic mass is 10.0. The number of aliphatic carboxylic acids is 1. The Balaban J connectivity index is 2.00. The Kier molecular flexibility index (Phi) is 7.26. The van der Waals surface area contributed by atoms with Crippen LogP contribution in [-0.4, -0.2) is 60.2 Å². The third-order valence-corrected chi connectivity index (χ3v) is 4.41. The van der Waals surface area contributed by atoms with E-state index in [0.717, 1.165) is 44.0 Å². The van der Waals surface area contributed by atoms with E-state index in [1.165, 1.54) is 0 Å². The number of carboxylic acids is 1. The number of carboxylic acid groups (broad SMARTS) is 1. The van der Waals surface area contributed by atoms with Crippen molar-refractivity contribution in [1.82, 2.24) is 9.80 Å². The number of nitrogens with zero attached hydrogens (tertiary/aromatic N) is 2. The Morgan fingerprint density at radius 1 is 1.04 bits per heavy atom. The van der Waals surface area contributed by atoms with Crippen molar-refractivity contribution in [3.63, 3.8) is 0 Å². The lowest BCUT2D eigenvalue weighted by molar-refractivity contribution is -0.144. The van der Waals surface area contributed by atoms with Gasteiger partial charge in [0.1, 0.15) is 11.8 Å². The predicted molar refractivity (Wildman–Crippen MR) is 100 cm³/mol. The van der Waals surface area contributed by atoms with E-state index < -0.39 is 12.0 Å². The number of hydrogen-bond acceptors (Lipinski definition) is 4. The maximum Gasteiger partial charge on any atom is 0.325 e. The second-order valence-corrected chi connectivity index (χ2v) is 7.75. The van der Waals surface area contributed by atoms with Crippen LogP contribution in [0.15, 0.2) is 24.3 Å². The van der Waals surface area contributed by atoms with Crippen molar-refractivity contribution in [2.75, 3.05) is 39.3 Å². The summed E-state index contributed by atoms with van der Waals surface area (Å²) in [5.74, 6) is 1.12.